The quantitative estimate of drug-likeness (QED) is 0.857. The lowest BCUT2D eigenvalue weighted by atomic mass is 10.0. The van der Waals surface area contributed by atoms with Crippen molar-refractivity contribution in [3.8, 4) is 11.3 Å². The SMILES string of the molecule is Cc1cc(CN2C=CNC2)cnc1-c1ccc(F)c(C(F)(F)F)c1. The van der Waals surface area contributed by atoms with Crippen LogP contribution in [0.2, 0.25) is 0 Å². The Morgan fingerprint density at radius 3 is 2.67 bits per heavy atom. The number of aryl methyl sites for hydroxylation is 1. The fourth-order valence-electron chi connectivity index (χ4n) is 2.64. The summed E-state index contributed by atoms with van der Waals surface area (Å²) < 4.78 is 52.0. The summed E-state index contributed by atoms with van der Waals surface area (Å²) in [6, 6.07) is 4.82. The zero-order valence-corrected chi connectivity index (χ0v) is 12.9. The molecule has 0 unspecified atom stereocenters. The number of pyridine rings is 1. The largest absolute Gasteiger partial charge is 0.419 e. The van der Waals surface area contributed by atoms with Gasteiger partial charge in [-0.3, -0.25) is 4.98 Å². The van der Waals surface area contributed by atoms with E-state index in [1.807, 2.05) is 23.4 Å². The van der Waals surface area contributed by atoms with Gasteiger partial charge in [-0.25, -0.2) is 4.39 Å². The molecule has 0 spiro atoms. The summed E-state index contributed by atoms with van der Waals surface area (Å²) >= 11 is 0. The molecule has 1 aromatic heterocycles. The third kappa shape index (κ3) is 3.34. The van der Waals surface area contributed by atoms with Gasteiger partial charge in [-0.2, -0.15) is 13.2 Å². The van der Waals surface area contributed by atoms with E-state index in [0.717, 1.165) is 23.3 Å². The molecule has 24 heavy (non-hydrogen) atoms. The van der Waals surface area contributed by atoms with Crippen LogP contribution in [0.25, 0.3) is 11.3 Å². The first kappa shape index (κ1) is 16.3. The lowest BCUT2D eigenvalue weighted by Crippen LogP contribution is -2.20. The predicted octanol–water partition coefficient (Wildman–Crippen LogP) is 4.05. The third-order valence-corrected chi connectivity index (χ3v) is 3.76. The van der Waals surface area contributed by atoms with Gasteiger partial charge in [-0.05, 0) is 36.2 Å². The topological polar surface area (TPSA) is 28.2 Å². The first-order valence-corrected chi connectivity index (χ1v) is 7.31. The number of alkyl halides is 3. The molecule has 0 fully saturated rings. The van der Waals surface area contributed by atoms with Crippen molar-refractivity contribution in [3.63, 3.8) is 0 Å². The number of hydrogen-bond acceptors (Lipinski definition) is 3. The molecule has 0 saturated heterocycles. The Kier molecular flexibility index (Phi) is 4.17. The summed E-state index contributed by atoms with van der Waals surface area (Å²) in [7, 11) is 0. The maximum absolute atomic E-state index is 13.4. The van der Waals surface area contributed by atoms with Crippen LogP contribution in [0.15, 0.2) is 42.9 Å². The summed E-state index contributed by atoms with van der Waals surface area (Å²) in [6.45, 7) is 3.13. The Bertz CT molecular complexity index is 784. The summed E-state index contributed by atoms with van der Waals surface area (Å²) in [4.78, 5) is 6.32. The molecule has 0 bridgehead atoms. The molecule has 2 aromatic rings. The average molecular weight is 337 g/mol. The minimum absolute atomic E-state index is 0.246. The van der Waals surface area contributed by atoms with E-state index in [2.05, 4.69) is 10.3 Å². The number of rotatable bonds is 3. The molecule has 3 rings (SSSR count). The van der Waals surface area contributed by atoms with Gasteiger partial charge in [0.15, 0.2) is 0 Å². The van der Waals surface area contributed by atoms with Crippen LogP contribution in [-0.2, 0) is 12.7 Å². The Morgan fingerprint density at radius 2 is 2.04 bits per heavy atom. The summed E-state index contributed by atoms with van der Waals surface area (Å²) in [5.74, 6) is -1.28. The maximum atomic E-state index is 13.4. The molecule has 2 heterocycles. The molecule has 3 nitrogen and oxygen atoms in total. The first-order chi connectivity index (χ1) is 11.3. The summed E-state index contributed by atoms with van der Waals surface area (Å²) in [5, 5.41) is 3.05. The maximum Gasteiger partial charge on any atom is 0.419 e. The van der Waals surface area contributed by atoms with E-state index in [1.54, 1.807) is 13.1 Å². The highest BCUT2D eigenvalue weighted by Crippen LogP contribution is 2.34. The van der Waals surface area contributed by atoms with E-state index < -0.39 is 17.6 Å². The molecule has 1 aliphatic heterocycles. The summed E-state index contributed by atoms with van der Waals surface area (Å²) in [5.41, 5.74) is 1.07. The Labute approximate surface area is 136 Å². The molecule has 0 radical (unpaired) electrons. The molecule has 0 saturated carbocycles. The highest BCUT2D eigenvalue weighted by atomic mass is 19.4. The van der Waals surface area contributed by atoms with Gasteiger partial charge in [-0.1, -0.05) is 6.07 Å². The van der Waals surface area contributed by atoms with E-state index >= 15 is 0 Å². The number of hydrogen-bond donors (Lipinski definition) is 1. The standard InChI is InChI=1S/C17H15F4N3/c1-11-6-12(9-24-5-4-22-10-24)8-23-16(11)13-2-3-15(18)14(7-13)17(19,20)21/h2-8,22H,9-10H2,1H3. The second kappa shape index (κ2) is 6.14. The lowest BCUT2D eigenvalue weighted by Gasteiger charge is -2.16. The second-order valence-electron chi connectivity index (χ2n) is 5.63. The molecular weight excluding hydrogens is 322 g/mol. The molecule has 0 atom stereocenters. The minimum atomic E-state index is -4.73. The third-order valence-electron chi connectivity index (χ3n) is 3.76. The van der Waals surface area contributed by atoms with Crippen LogP contribution in [0.5, 0.6) is 0 Å². The molecule has 0 amide bonds. The van der Waals surface area contributed by atoms with Crippen molar-refractivity contribution in [2.75, 3.05) is 6.67 Å². The minimum Gasteiger partial charge on any atom is -0.373 e. The molecule has 0 aliphatic carbocycles. The van der Waals surface area contributed by atoms with Gasteiger partial charge in [0.25, 0.3) is 0 Å². The van der Waals surface area contributed by atoms with Crippen LogP contribution in [0.4, 0.5) is 17.6 Å². The van der Waals surface area contributed by atoms with Crippen molar-refractivity contribution in [2.45, 2.75) is 19.6 Å². The van der Waals surface area contributed by atoms with Gasteiger partial charge in [-0.15, -0.1) is 0 Å². The Morgan fingerprint density at radius 1 is 1.25 bits per heavy atom. The fraction of sp³-hybridized carbons (Fsp3) is 0.235. The van der Waals surface area contributed by atoms with Crippen molar-refractivity contribution >= 4 is 0 Å². The van der Waals surface area contributed by atoms with Gasteiger partial charge in [0.2, 0.25) is 0 Å². The highest BCUT2D eigenvalue weighted by molar-refractivity contribution is 5.64. The van der Waals surface area contributed by atoms with Crippen LogP contribution in [0.1, 0.15) is 16.7 Å². The van der Waals surface area contributed by atoms with Gasteiger partial charge >= 0.3 is 6.18 Å². The van der Waals surface area contributed by atoms with E-state index in [9.17, 15) is 17.6 Å². The average Bonchev–Trinajstić information content (AvgIpc) is 3.00. The molecule has 1 aromatic carbocycles. The van der Waals surface area contributed by atoms with Crippen molar-refractivity contribution < 1.29 is 17.6 Å². The van der Waals surface area contributed by atoms with Crippen LogP contribution >= 0.6 is 0 Å². The molecule has 1 N–H and O–H groups in total. The number of nitrogens with one attached hydrogen (secondary N) is 1. The zero-order chi connectivity index (χ0) is 17.3. The normalized spacial score (nSPS) is 14.1. The second-order valence-corrected chi connectivity index (χ2v) is 5.63. The Hall–Kier alpha value is -2.57. The summed E-state index contributed by atoms with van der Waals surface area (Å²) in [6.07, 6.45) is 0.652. The van der Waals surface area contributed by atoms with Crippen molar-refractivity contribution in [3.05, 3.63) is 65.4 Å². The number of nitrogens with zero attached hydrogens (tertiary/aromatic N) is 2. The molecule has 126 valence electrons. The molecule has 7 heteroatoms. The van der Waals surface area contributed by atoms with Gasteiger partial charge in [0, 0.05) is 30.7 Å². The number of benzene rings is 1. The molecule has 1 aliphatic rings. The van der Waals surface area contributed by atoms with Crippen LogP contribution in [-0.4, -0.2) is 16.6 Å². The van der Waals surface area contributed by atoms with Gasteiger partial charge in [0.05, 0.1) is 17.9 Å². The monoisotopic (exact) mass is 337 g/mol. The highest BCUT2D eigenvalue weighted by Gasteiger charge is 2.34. The van der Waals surface area contributed by atoms with Crippen LogP contribution in [0.3, 0.4) is 0 Å². The van der Waals surface area contributed by atoms with Crippen LogP contribution < -0.4 is 5.32 Å². The smallest absolute Gasteiger partial charge is 0.373 e. The predicted molar refractivity (Wildman–Crippen MR) is 82.1 cm³/mol. The number of halogens is 4. The van der Waals surface area contributed by atoms with Gasteiger partial charge in [0.1, 0.15) is 5.82 Å². The van der Waals surface area contributed by atoms with E-state index in [4.69, 9.17) is 0 Å². The Balaban J connectivity index is 1.91. The van der Waals surface area contributed by atoms with Crippen LogP contribution in [0, 0.1) is 12.7 Å². The zero-order valence-electron chi connectivity index (χ0n) is 12.9. The van der Waals surface area contributed by atoms with Crippen molar-refractivity contribution in [2.24, 2.45) is 0 Å². The molecular formula is C17H15F4N3. The van der Waals surface area contributed by atoms with Crippen molar-refractivity contribution in [1.29, 1.82) is 0 Å². The first-order valence-electron chi connectivity index (χ1n) is 7.31. The van der Waals surface area contributed by atoms with E-state index in [1.165, 1.54) is 6.07 Å². The van der Waals surface area contributed by atoms with Gasteiger partial charge < -0.3 is 10.2 Å². The lowest BCUT2D eigenvalue weighted by molar-refractivity contribution is -0.139. The van der Waals surface area contributed by atoms with E-state index in [0.29, 0.717) is 18.9 Å². The fourth-order valence-corrected chi connectivity index (χ4v) is 2.64. The number of aromatic nitrogens is 1. The van der Waals surface area contributed by atoms with Crippen molar-refractivity contribution in [1.82, 2.24) is 15.2 Å². The van der Waals surface area contributed by atoms with E-state index in [-0.39, 0.29) is 5.56 Å².